The quantitative estimate of drug-likeness (QED) is 0.906. The van der Waals surface area contributed by atoms with Gasteiger partial charge >= 0.3 is 6.09 Å². The van der Waals surface area contributed by atoms with E-state index in [1.165, 1.54) is 0 Å². The Morgan fingerprint density at radius 2 is 2.24 bits per heavy atom. The number of para-hydroxylation sites is 1. The molecular weight excluding hydrogens is 242 g/mol. The molecule has 2 rings (SSSR count). The highest BCUT2D eigenvalue weighted by atomic mass is 35.5. The molecule has 1 amide bonds. The van der Waals surface area contributed by atoms with Crippen LogP contribution < -0.4 is 10.1 Å². The first-order valence-corrected chi connectivity index (χ1v) is 5.46. The number of nitrogens with one attached hydrogen (secondary N) is 1. The smallest absolute Gasteiger partial charge is 0.407 e. The molecule has 94 valence electrons. The van der Waals surface area contributed by atoms with Crippen molar-refractivity contribution in [2.45, 2.75) is 19.4 Å². The predicted octanol–water partition coefficient (Wildman–Crippen LogP) is 2.68. The molecule has 1 aliphatic rings. The van der Waals surface area contributed by atoms with Crippen LogP contribution in [0.4, 0.5) is 4.79 Å². The summed E-state index contributed by atoms with van der Waals surface area (Å²) in [7, 11) is 0. The molecular formula is C12H16ClNO3. The number of alkyl carbamates (subject to hydrolysis) is 1. The van der Waals surface area contributed by atoms with Gasteiger partial charge in [0, 0.05) is 12.0 Å². The minimum absolute atomic E-state index is 0. The predicted molar refractivity (Wildman–Crippen MR) is 66.7 cm³/mol. The maximum atomic E-state index is 11.1. The van der Waals surface area contributed by atoms with Crippen molar-refractivity contribution >= 4 is 18.5 Å². The van der Waals surface area contributed by atoms with Gasteiger partial charge in [0.2, 0.25) is 0 Å². The van der Waals surface area contributed by atoms with Crippen LogP contribution in [0.5, 0.6) is 5.75 Å². The number of amides is 1. The van der Waals surface area contributed by atoms with Gasteiger partial charge in [0.05, 0.1) is 19.3 Å². The molecule has 0 saturated carbocycles. The van der Waals surface area contributed by atoms with Crippen molar-refractivity contribution in [1.29, 1.82) is 0 Å². The Morgan fingerprint density at radius 1 is 1.47 bits per heavy atom. The van der Waals surface area contributed by atoms with E-state index < -0.39 is 0 Å². The molecule has 0 aromatic heterocycles. The number of rotatable bonds is 3. The average molecular weight is 258 g/mol. The Bertz CT molecular complexity index is 384. The summed E-state index contributed by atoms with van der Waals surface area (Å²) in [6.45, 7) is 3.02. The molecule has 5 heteroatoms. The maximum Gasteiger partial charge on any atom is 0.407 e. The number of cyclic esters (lactones) is 1. The third-order valence-electron chi connectivity index (χ3n) is 2.53. The fraction of sp³-hybridized carbons (Fsp3) is 0.417. The molecule has 1 saturated heterocycles. The maximum absolute atomic E-state index is 11.1. The molecule has 0 unspecified atom stereocenters. The van der Waals surface area contributed by atoms with Gasteiger partial charge in [0.25, 0.3) is 0 Å². The lowest BCUT2D eigenvalue weighted by molar-refractivity contribution is 0.115. The highest BCUT2D eigenvalue weighted by molar-refractivity contribution is 5.85. The molecule has 1 heterocycles. The number of benzene rings is 1. The molecule has 1 aliphatic heterocycles. The van der Waals surface area contributed by atoms with E-state index >= 15 is 0 Å². The molecule has 17 heavy (non-hydrogen) atoms. The second kappa shape index (κ2) is 6.35. The van der Waals surface area contributed by atoms with Crippen molar-refractivity contribution < 1.29 is 14.3 Å². The summed E-state index contributed by atoms with van der Waals surface area (Å²) in [5.74, 6) is 0.831. The number of carbonyl (C=O) groups excluding carboxylic acids is 1. The van der Waals surface area contributed by atoms with Gasteiger partial charge in [-0.3, -0.25) is 0 Å². The highest BCUT2D eigenvalue weighted by Crippen LogP contribution is 2.28. The molecule has 1 aromatic carbocycles. The van der Waals surface area contributed by atoms with E-state index in [2.05, 4.69) is 5.32 Å². The molecule has 1 aromatic rings. The van der Waals surface area contributed by atoms with E-state index in [9.17, 15) is 4.79 Å². The molecule has 1 fully saturated rings. The Hall–Kier alpha value is -1.42. The van der Waals surface area contributed by atoms with Gasteiger partial charge in [0.1, 0.15) is 5.75 Å². The van der Waals surface area contributed by atoms with Crippen LogP contribution in [0.25, 0.3) is 0 Å². The third kappa shape index (κ3) is 3.27. The summed E-state index contributed by atoms with van der Waals surface area (Å²) in [6, 6.07) is 7.75. The van der Waals surface area contributed by atoms with Crippen LogP contribution in [0, 0.1) is 0 Å². The van der Waals surface area contributed by atoms with Gasteiger partial charge in [-0.1, -0.05) is 18.2 Å². The van der Waals surface area contributed by atoms with E-state index in [-0.39, 0.29) is 24.5 Å². The van der Waals surface area contributed by atoms with E-state index in [4.69, 9.17) is 9.47 Å². The SMILES string of the molecule is CCOc1ccccc1[C@H]1CCOC(=O)N1.Cl. The topological polar surface area (TPSA) is 47.6 Å². The van der Waals surface area contributed by atoms with Crippen molar-refractivity contribution in [2.24, 2.45) is 0 Å². The second-order valence-electron chi connectivity index (χ2n) is 3.59. The van der Waals surface area contributed by atoms with Crippen molar-refractivity contribution in [3.8, 4) is 5.75 Å². The van der Waals surface area contributed by atoms with Crippen molar-refractivity contribution in [3.63, 3.8) is 0 Å². The van der Waals surface area contributed by atoms with Crippen LogP contribution in [-0.4, -0.2) is 19.3 Å². The molecule has 1 N–H and O–H groups in total. The Morgan fingerprint density at radius 3 is 2.94 bits per heavy atom. The van der Waals surface area contributed by atoms with Gasteiger partial charge in [0.15, 0.2) is 0 Å². The third-order valence-corrected chi connectivity index (χ3v) is 2.53. The molecule has 4 nitrogen and oxygen atoms in total. The van der Waals surface area contributed by atoms with Crippen LogP contribution in [0.3, 0.4) is 0 Å². The normalized spacial score (nSPS) is 18.6. The zero-order valence-corrected chi connectivity index (χ0v) is 10.5. The van der Waals surface area contributed by atoms with Crippen LogP contribution in [0.2, 0.25) is 0 Å². The summed E-state index contributed by atoms with van der Waals surface area (Å²) >= 11 is 0. The zero-order chi connectivity index (χ0) is 11.4. The first-order chi connectivity index (χ1) is 7.81. The van der Waals surface area contributed by atoms with E-state index in [0.29, 0.717) is 13.2 Å². The van der Waals surface area contributed by atoms with Crippen LogP contribution in [-0.2, 0) is 4.74 Å². The summed E-state index contributed by atoms with van der Waals surface area (Å²) in [5, 5.41) is 2.79. The van der Waals surface area contributed by atoms with Crippen molar-refractivity contribution in [2.75, 3.05) is 13.2 Å². The summed E-state index contributed by atoms with van der Waals surface area (Å²) in [6.07, 6.45) is 0.415. The number of ether oxygens (including phenoxy) is 2. The molecule has 0 spiro atoms. The molecule has 0 bridgehead atoms. The fourth-order valence-corrected chi connectivity index (χ4v) is 1.81. The van der Waals surface area contributed by atoms with E-state index in [1.54, 1.807) is 0 Å². The summed E-state index contributed by atoms with van der Waals surface area (Å²) in [4.78, 5) is 11.1. The van der Waals surface area contributed by atoms with Gasteiger partial charge < -0.3 is 14.8 Å². The monoisotopic (exact) mass is 257 g/mol. The van der Waals surface area contributed by atoms with Crippen LogP contribution in [0.1, 0.15) is 24.9 Å². The number of hydrogen-bond acceptors (Lipinski definition) is 3. The van der Waals surface area contributed by atoms with Gasteiger partial charge in [-0.15, -0.1) is 12.4 Å². The second-order valence-corrected chi connectivity index (χ2v) is 3.59. The average Bonchev–Trinajstić information content (AvgIpc) is 2.30. The largest absolute Gasteiger partial charge is 0.494 e. The minimum Gasteiger partial charge on any atom is -0.494 e. The van der Waals surface area contributed by atoms with Crippen molar-refractivity contribution in [3.05, 3.63) is 29.8 Å². The van der Waals surface area contributed by atoms with Crippen LogP contribution >= 0.6 is 12.4 Å². The highest BCUT2D eigenvalue weighted by Gasteiger charge is 2.23. The number of halogens is 1. The lowest BCUT2D eigenvalue weighted by Crippen LogP contribution is -2.35. The summed E-state index contributed by atoms with van der Waals surface area (Å²) in [5.41, 5.74) is 1.01. The van der Waals surface area contributed by atoms with Gasteiger partial charge in [-0.05, 0) is 13.0 Å². The number of carbonyl (C=O) groups is 1. The van der Waals surface area contributed by atoms with E-state index in [0.717, 1.165) is 17.7 Å². The first-order valence-electron chi connectivity index (χ1n) is 5.46. The lowest BCUT2D eigenvalue weighted by atomic mass is 10.0. The Kier molecular flexibility index (Phi) is 5.10. The first kappa shape index (κ1) is 13.6. The zero-order valence-electron chi connectivity index (χ0n) is 9.64. The molecule has 1 atom stereocenters. The fourth-order valence-electron chi connectivity index (χ4n) is 1.81. The number of hydrogen-bond donors (Lipinski definition) is 1. The minimum atomic E-state index is -0.359. The van der Waals surface area contributed by atoms with E-state index in [1.807, 2.05) is 31.2 Å². The standard InChI is InChI=1S/C12H15NO3.ClH/c1-2-15-11-6-4-3-5-9(11)10-7-8-16-12(14)13-10;/h3-6,10H,2,7-8H2,1H3,(H,13,14);1H/t10-;/m1./s1. The van der Waals surface area contributed by atoms with Crippen LogP contribution in [0.15, 0.2) is 24.3 Å². The van der Waals surface area contributed by atoms with Gasteiger partial charge in [-0.25, -0.2) is 4.79 Å². The van der Waals surface area contributed by atoms with Gasteiger partial charge in [-0.2, -0.15) is 0 Å². The summed E-state index contributed by atoms with van der Waals surface area (Å²) < 4.78 is 10.4. The molecule has 0 aliphatic carbocycles. The Labute approximate surface area is 107 Å². The van der Waals surface area contributed by atoms with Crippen molar-refractivity contribution in [1.82, 2.24) is 5.32 Å². The Balaban J connectivity index is 0.00000144. The lowest BCUT2D eigenvalue weighted by Gasteiger charge is -2.25. The molecule has 0 radical (unpaired) electrons.